The van der Waals surface area contributed by atoms with Gasteiger partial charge in [0, 0.05) is 81.8 Å². The number of rotatable bonds is 12. The molecule has 13 heteroatoms. The molecule has 0 radical (unpaired) electrons. The molecule has 8 rings (SSSR count). The van der Waals surface area contributed by atoms with Crippen LogP contribution < -0.4 is 30.9 Å². The summed E-state index contributed by atoms with van der Waals surface area (Å²) in [6.07, 6.45) is 7.46. The number of imide groups is 1. The molecule has 1 atom stereocenters. The summed E-state index contributed by atoms with van der Waals surface area (Å²) in [5.41, 5.74) is 9.90. The van der Waals surface area contributed by atoms with Crippen LogP contribution in [0.5, 0.6) is 11.5 Å². The number of urea groups is 1. The fourth-order valence-corrected chi connectivity index (χ4v) is 8.65. The van der Waals surface area contributed by atoms with E-state index in [0.29, 0.717) is 41.8 Å². The van der Waals surface area contributed by atoms with Crippen LogP contribution in [0.15, 0.2) is 85.2 Å². The van der Waals surface area contributed by atoms with Gasteiger partial charge in [0.1, 0.15) is 29.5 Å². The maximum atomic E-state index is 12.2. The molecule has 56 heavy (non-hydrogen) atoms. The van der Waals surface area contributed by atoms with Crippen LogP contribution in [-0.2, 0) is 4.79 Å². The Balaban J connectivity index is 0.761. The molecule has 5 heterocycles. The van der Waals surface area contributed by atoms with Gasteiger partial charge in [0.2, 0.25) is 5.91 Å². The van der Waals surface area contributed by atoms with Crippen molar-refractivity contribution < 1.29 is 14.3 Å². The molecule has 0 saturated carbocycles. The van der Waals surface area contributed by atoms with Crippen molar-refractivity contribution in [2.24, 2.45) is 11.8 Å². The van der Waals surface area contributed by atoms with Crippen LogP contribution in [-0.4, -0.2) is 102 Å². The van der Waals surface area contributed by atoms with Gasteiger partial charge in [-0.3, -0.25) is 20.4 Å². The van der Waals surface area contributed by atoms with Crippen molar-refractivity contribution in [3.63, 3.8) is 0 Å². The summed E-state index contributed by atoms with van der Waals surface area (Å²) in [7, 11) is 0. The fourth-order valence-electron chi connectivity index (χ4n) is 8.65. The number of nitrogens with two attached hydrogens (primary N) is 1. The first-order valence-corrected chi connectivity index (χ1v) is 20.0. The number of nitrogen functional groups attached to an aromatic ring is 1. The van der Waals surface area contributed by atoms with Crippen LogP contribution in [0.3, 0.4) is 0 Å². The molecule has 4 aromatic rings. The molecule has 3 amide bonds. The van der Waals surface area contributed by atoms with Gasteiger partial charge in [0.05, 0.1) is 11.3 Å². The second kappa shape index (κ2) is 17.1. The summed E-state index contributed by atoms with van der Waals surface area (Å²) in [5.74, 6) is 3.58. The Morgan fingerprint density at radius 2 is 1.43 bits per heavy atom. The number of likely N-dealkylation sites (tertiary alicyclic amines) is 2. The van der Waals surface area contributed by atoms with Crippen molar-refractivity contribution in [3.8, 4) is 11.5 Å². The highest BCUT2D eigenvalue weighted by Gasteiger charge is 2.30. The Morgan fingerprint density at radius 3 is 2.16 bits per heavy atom. The van der Waals surface area contributed by atoms with Crippen molar-refractivity contribution in [2.75, 3.05) is 79.8 Å². The van der Waals surface area contributed by atoms with Crippen LogP contribution in [0.4, 0.5) is 27.8 Å². The van der Waals surface area contributed by atoms with Gasteiger partial charge in [-0.1, -0.05) is 18.2 Å². The zero-order valence-electron chi connectivity index (χ0n) is 31.9. The number of nitrogens with zero attached hydrogens (tertiary/aromatic N) is 6. The molecule has 1 aromatic heterocycles. The van der Waals surface area contributed by atoms with Crippen LogP contribution in [0.25, 0.3) is 0 Å². The van der Waals surface area contributed by atoms with Crippen molar-refractivity contribution in [1.82, 2.24) is 25.1 Å². The Labute approximate surface area is 328 Å². The highest BCUT2D eigenvalue weighted by Crippen LogP contribution is 2.30. The summed E-state index contributed by atoms with van der Waals surface area (Å²) >= 11 is 0. The van der Waals surface area contributed by atoms with Crippen LogP contribution in [0, 0.1) is 17.2 Å². The number of aromatic nitrogens is 2. The lowest BCUT2D eigenvalue weighted by Gasteiger charge is -2.36. The van der Waals surface area contributed by atoms with Gasteiger partial charge in [-0.15, -0.1) is 0 Å². The second-order valence-corrected chi connectivity index (χ2v) is 15.6. The number of hydrogen-bond acceptors (Lipinski definition) is 11. The van der Waals surface area contributed by atoms with Gasteiger partial charge in [0.15, 0.2) is 0 Å². The number of nitrogens with one attached hydrogen (secondary N) is 3. The molecule has 292 valence electrons. The van der Waals surface area contributed by atoms with E-state index in [2.05, 4.69) is 47.4 Å². The normalized spacial score (nSPS) is 20.2. The third kappa shape index (κ3) is 8.95. The van der Waals surface area contributed by atoms with Crippen molar-refractivity contribution >= 4 is 40.7 Å². The molecule has 13 nitrogen and oxygen atoms in total. The zero-order valence-corrected chi connectivity index (χ0v) is 31.9. The number of ether oxygens (including phenoxy) is 1. The number of piperidine rings is 2. The van der Waals surface area contributed by atoms with Crippen molar-refractivity contribution in [3.05, 3.63) is 96.3 Å². The van der Waals surface area contributed by atoms with Gasteiger partial charge >= 0.3 is 6.03 Å². The van der Waals surface area contributed by atoms with Gasteiger partial charge in [-0.05, 0) is 111 Å². The summed E-state index contributed by atoms with van der Waals surface area (Å²) in [6.45, 7) is 9.28. The predicted octanol–water partition coefficient (Wildman–Crippen LogP) is 5.83. The lowest BCUT2D eigenvalue weighted by atomic mass is 9.95. The molecule has 5 N–H and O–H groups in total. The summed E-state index contributed by atoms with van der Waals surface area (Å²) in [4.78, 5) is 41.9. The molecule has 4 fully saturated rings. The molecule has 4 aliphatic heterocycles. The van der Waals surface area contributed by atoms with Gasteiger partial charge < -0.3 is 30.5 Å². The summed E-state index contributed by atoms with van der Waals surface area (Å²) < 4.78 is 5.93. The van der Waals surface area contributed by atoms with E-state index >= 15 is 0 Å². The maximum absolute atomic E-state index is 12.2. The fraction of sp³-hybridized carbons (Fsp3) is 0.419. The SMILES string of the molecule is N=C(c1ccc(Oc2ccccc2)cc1)c1c(N)ncnc1NC1CCN(CC2CCN(CC3CCN(c4ccc(N5CCC(=O)NC5=O)cc4)CC3)C2)CC1. The van der Waals surface area contributed by atoms with Crippen LogP contribution in [0.2, 0.25) is 0 Å². The van der Waals surface area contributed by atoms with Crippen LogP contribution in [0.1, 0.15) is 49.7 Å². The van der Waals surface area contributed by atoms with Gasteiger partial charge in [0.25, 0.3) is 0 Å². The lowest BCUT2D eigenvalue weighted by Crippen LogP contribution is -2.49. The number of benzene rings is 3. The largest absolute Gasteiger partial charge is 0.457 e. The third-order valence-electron chi connectivity index (χ3n) is 11.8. The zero-order chi connectivity index (χ0) is 38.4. The van der Waals surface area contributed by atoms with Gasteiger partial charge in [-0.2, -0.15) is 0 Å². The van der Waals surface area contributed by atoms with Crippen molar-refractivity contribution in [1.29, 1.82) is 5.41 Å². The highest BCUT2D eigenvalue weighted by atomic mass is 16.5. The average Bonchev–Trinajstić information content (AvgIpc) is 3.66. The first kappa shape index (κ1) is 37.4. The van der Waals surface area contributed by atoms with E-state index < -0.39 is 0 Å². The third-order valence-corrected chi connectivity index (χ3v) is 11.8. The van der Waals surface area contributed by atoms with E-state index in [1.165, 1.54) is 50.9 Å². The molecular weight excluding hydrogens is 705 g/mol. The van der Waals surface area contributed by atoms with E-state index in [4.69, 9.17) is 15.9 Å². The second-order valence-electron chi connectivity index (χ2n) is 15.6. The number of para-hydroxylation sites is 1. The van der Waals surface area contributed by atoms with Crippen molar-refractivity contribution in [2.45, 2.75) is 44.6 Å². The highest BCUT2D eigenvalue weighted by molar-refractivity contribution is 6.16. The number of hydrogen-bond donors (Lipinski definition) is 4. The number of anilines is 4. The standard InChI is InChI=1S/C43H52N10O3/c44-40(32-6-12-37(13-7-32)56-36-4-2-1-3-5-36)39-41(45)46-29-47-42(39)48-33-17-21-50(22-18-33)27-31-14-20-51(28-31)26-30-15-23-52(24-16-30)34-8-10-35(11-9-34)53-25-19-38(54)49-43(53)55/h1-13,29-31,33,44H,14-28H2,(H,49,54,55)(H3,45,46,47,48). The van der Waals surface area contributed by atoms with E-state index in [-0.39, 0.29) is 23.7 Å². The monoisotopic (exact) mass is 756 g/mol. The summed E-state index contributed by atoms with van der Waals surface area (Å²) in [5, 5.41) is 15.1. The molecule has 0 bridgehead atoms. The molecule has 1 unspecified atom stereocenters. The first-order valence-electron chi connectivity index (χ1n) is 20.0. The van der Waals surface area contributed by atoms with Crippen LogP contribution >= 0.6 is 0 Å². The Bertz CT molecular complexity index is 1980. The number of carbonyl (C=O) groups is 2. The topological polar surface area (TPSA) is 156 Å². The molecule has 4 aliphatic rings. The van der Waals surface area contributed by atoms with Gasteiger partial charge in [-0.25, -0.2) is 14.8 Å². The predicted molar refractivity (Wildman–Crippen MR) is 220 cm³/mol. The van der Waals surface area contributed by atoms with E-state index in [9.17, 15) is 9.59 Å². The average molecular weight is 757 g/mol. The Kier molecular flexibility index (Phi) is 11.4. The smallest absolute Gasteiger partial charge is 0.328 e. The van der Waals surface area contributed by atoms with E-state index in [1.807, 2.05) is 66.7 Å². The molecule has 0 aliphatic carbocycles. The lowest BCUT2D eigenvalue weighted by molar-refractivity contribution is -0.120. The molecule has 4 saturated heterocycles. The maximum Gasteiger partial charge on any atom is 0.328 e. The minimum absolute atomic E-state index is 0.212. The minimum atomic E-state index is -0.343. The number of carbonyl (C=O) groups excluding carboxylic acids is 2. The molecular formula is C43H52N10O3. The Hall–Kier alpha value is -5.53. The molecule has 0 spiro atoms. The minimum Gasteiger partial charge on any atom is -0.457 e. The summed E-state index contributed by atoms with van der Waals surface area (Å²) in [6, 6.07) is 25.2. The van der Waals surface area contributed by atoms with E-state index in [1.54, 1.807) is 4.90 Å². The Morgan fingerprint density at radius 1 is 0.768 bits per heavy atom. The number of amides is 3. The quantitative estimate of drug-likeness (QED) is 0.130. The van der Waals surface area contributed by atoms with E-state index in [0.717, 1.165) is 68.5 Å². The first-order chi connectivity index (χ1) is 27.3. The molecule has 3 aromatic carbocycles.